The Morgan fingerprint density at radius 3 is 2.71 bits per heavy atom. The van der Waals surface area contributed by atoms with Gasteiger partial charge in [-0.25, -0.2) is 14.3 Å². The minimum atomic E-state index is -0.161. The van der Waals surface area contributed by atoms with E-state index in [1.807, 2.05) is 41.9 Å². The van der Waals surface area contributed by atoms with Gasteiger partial charge in [0.05, 0.1) is 5.69 Å². The molecular weight excluding hydrogens is 352 g/mol. The van der Waals surface area contributed by atoms with Gasteiger partial charge in [0.1, 0.15) is 12.4 Å². The van der Waals surface area contributed by atoms with E-state index in [1.165, 1.54) is 5.56 Å². The third kappa shape index (κ3) is 3.28. The molecule has 1 saturated carbocycles. The molecule has 3 heterocycles. The molecule has 8 nitrogen and oxygen atoms in total. The molecule has 3 aromatic heterocycles. The molecule has 1 fully saturated rings. The van der Waals surface area contributed by atoms with Crippen molar-refractivity contribution in [2.75, 3.05) is 0 Å². The first kappa shape index (κ1) is 16.7. The fourth-order valence-electron chi connectivity index (χ4n) is 3.37. The van der Waals surface area contributed by atoms with Crippen LogP contribution in [-0.2, 0) is 6.42 Å². The highest BCUT2D eigenvalue weighted by atomic mass is 15.5. The number of nitrogens with zero attached hydrogens (tertiary/aromatic N) is 8. The number of hydrogen-bond donors (Lipinski definition) is 0. The zero-order valence-electron chi connectivity index (χ0n) is 15.5. The lowest BCUT2D eigenvalue weighted by Gasteiger charge is -2.17. The highest BCUT2D eigenvalue weighted by molar-refractivity contribution is 5.33. The van der Waals surface area contributed by atoms with Gasteiger partial charge in [0.2, 0.25) is 0 Å². The zero-order valence-corrected chi connectivity index (χ0v) is 15.5. The number of tetrazole rings is 1. The average molecular weight is 372 g/mol. The maximum Gasteiger partial charge on any atom is 0.157 e. The Hall–Kier alpha value is -3.42. The Morgan fingerprint density at radius 2 is 2.00 bits per heavy atom. The van der Waals surface area contributed by atoms with E-state index in [-0.39, 0.29) is 6.04 Å². The van der Waals surface area contributed by atoms with Crippen molar-refractivity contribution in [3.8, 4) is 5.69 Å². The van der Waals surface area contributed by atoms with Crippen molar-refractivity contribution in [3.05, 3.63) is 77.9 Å². The SMILES string of the molecule is Cc1cc(-n2nc(C3CC3)nc2[C@H](Cc2ccccc2)n2cnnn2)ccn1. The lowest BCUT2D eigenvalue weighted by atomic mass is 10.1. The molecule has 0 radical (unpaired) electrons. The minimum absolute atomic E-state index is 0.161. The second-order valence-corrected chi connectivity index (χ2v) is 7.17. The number of pyridine rings is 1. The van der Waals surface area contributed by atoms with Crippen LogP contribution in [0.25, 0.3) is 5.69 Å². The fourth-order valence-corrected chi connectivity index (χ4v) is 3.37. The molecule has 0 bridgehead atoms. The van der Waals surface area contributed by atoms with E-state index >= 15 is 0 Å². The monoisotopic (exact) mass is 372 g/mol. The van der Waals surface area contributed by atoms with Crippen molar-refractivity contribution in [2.24, 2.45) is 0 Å². The second kappa shape index (κ2) is 6.95. The average Bonchev–Trinajstić information content (AvgIpc) is 3.25. The first-order valence-electron chi connectivity index (χ1n) is 9.44. The van der Waals surface area contributed by atoms with Gasteiger partial charge in [-0.15, -0.1) is 5.10 Å². The molecule has 1 atom stereocenters. The molecule has 0 spiro atoms. The molecule has 0 unspecified atom stereocenters. The summed E-state index contributed by atoms with van der Waals surface area (Å²) >= 11 is 0. The third-order valence-electron chi connectivity index (χ3n) is 4.97. The smallest absolute Gasteiger partial charge is 0.157 e. The normalized spacial score (nSPS) is 14.9. The molecule has 5 rings (SSSR count). The van der Waals surface area contributed by atoms with Gasteiger partial charge in [-0.2, -0.15) is 5.10 Å². The fraction of sp³-hybridized carbons (Fsp3) is 0.300. The van der Waals surface area contributed by atoms with Crippen LogP contribution in [0.1, 0.15) is 47.7 Å². The molecule has 0 amide bonds. The summed E-state index contributed by atoms with van der Waals surface area (Å²) in [4.78, 5) is 9.26. The van der Waals surface area contributed by atoms with Crippen LogP contribution >= 0.6 is 0 Å². The summed E-state index contributed by atoms with van der Waals surface area (Å²) in [5, 5.41) is 16.7. The molecule has 8 heteroatoms. The molecule has 0 saturated heterocycles. The number of aryl methyl sites for hydroxylation is 1. The molecule has 4 aromatic rings. The van der Waals surface area contributed by atoms with E-state index in [4.69, 9.17) is 10.1 Å². The predicted octanol–water partition coefficient (Wildman–Crippen LogP) is 2.67. The first-order chi connectivity index (χ1) is 13.8. The number of rotatable bonds is 6. The van der Waals surface area contributed by atoms with Gasteiger partial charge in [-0.05, 0) is 47.9 Å². The van der Waals surface area contributed by atoms with E-state index in [0.29, 0.717) is 5.92 Å². The molecule has 1 aliphatic carbocycles. The van der Waals surface area contributed by atoms with E-state index in [9.17, 15) is 0 Å². The van der Waals surface area contributed by atoms with Crippen LogP contribution < -0.4 is 0 Å². The Morgan fingerprint density at radius 1 is 1.14 bits per heavy atom. The van der Waals surface area contributed by atoms with Crippen LogP contribution in [-0.4, -0.2) is 40.0 Å². The number of aromatic nitrogens is 8. The molecule has 0 aliphatic heterocycles. The van der Waals surface area contributed by atoms with Crippen molar-refractivity contribution in [2.45, 2.75) is 38.1 Å². The van der Waals surface area contributed by atoms with Gasteiger partial charge in [0, 0.05) is 24.2 Å². The van der Waals surface area contributed by atoms with Gasteiger partial charge in [-0.1, -0.05) is 30.3 Å². The van der Waals surface area contributed by atoms with Crippen molar-refractivity contribution in [1.29, 1.82) is 0 Å². The minimum Gasteiger partial charge on any atom is -0.261 e. The van der Waals surface area contributed by atoms with Gasteiger partial charge in [0.25, 0.3) is 0 Å². The van der Waals surface area contributed by atoms with Crippen LogP contribution in [0.4, 0.5) is 0 Å². The quantitative estimate of drug-likeness (QED) is 0.517. The van der Waals surface area contributed by atoms with Crippen LogP contribution in [0.3, 0.4) is 0 Å². The molecule has 0 N–H and O–H groups in total. The highest BCUT2D eigenvalue weighted by Gasteiger charge is 2.32. The first-order valence-corrected chi connectivity index (χ1v) is 9.44. The van der Waals surface area contributed by atoms with Gasteiger partial charge < -0.3 is 0 Å². The molecule has 1 aliphatic rings. The molecular formula is C20H20N8. The van der Waals surface area contributed by atoms with Crippen LogP contribution in [0.5, 0.6) is 0 Å². The van der Waals surface area contributed by atoms with Crippen molar-refractivity contribution >= 4 is 0 Å². The summed E-state index contributed by atoms with van der Waals surface area (Å²) in [6.07, 6.45) is 6.45. The maximum atomic E-state index is 4.95. The van der Waals surface area contributed by atoms with E-state index in [0.717, 1.165) is 42.3 Å². The summed E-state index contributed by atoms with van der Waals surface area (Å²) in [7, 11) is 0. The largest absolute Gasteiger partial charge is 0.261 e. The summed E-state index contributed by atoms with van der Waals surface area (Å²) < 4.78 is 3.69. The summed E-state index contributed by atoms with van der Waals surface area (Å²) in [6, 6.07) is 14.1. The van der Waals surface area contributed by atoms with E-state index < -0.39 is 0 Å². The van der Waals surface area contributed by atoms with Crippen molar-refractivity contribution < 1.29 is 0 Å². The van der Waals surface area contributed by atoms with E-state index in [1.54, 1.807) is 17.2 Å². The highest BCUT2D eigenvalue weighted by Crippen LogP contribution is 2.39. The summed E-state index contributed by atoms with van der Waals surface area (Å²) in [5.74, 6) is 2.19. The molecule has 1 aromatic carbocycles. The van der Waals surface area contributed by atoms with Gasteiger partial charge >= 0.3 is 0 Å². The number of benzene rings is 1. The summed E-state index contributed by atoms with van der Waals surface area (Å²) in [5.41, 5.74) is 3.08. The molecule has 140 valence electrons. The Balaban J connectivity index is 1.63. The standard InChI is InChI=1S/C20H20N8/c1-14-11-17(9-10-21-14)28-20(23-19(24-28)16-7-8-16)18(27-13-22-25-26-27)12-15-5-3-2-4-6-15/h2-6,9-11,13,16,18H,7-8,12H2,1H3/t18-/m0/s1. The van der Waals surface area contributed by atoms with Crippen molar-refractivity contribution in [1.82, 2.24) is 40.0 Å². The van der Waals surface area contributed by atoms with Gasteiger partial charge in [-0.3, -0.25) is 4.98 Å². The molecule has 28 heavy (non-hydrogen) atoms. The lowest BCUT2D eigenvalue weighted by molar-refractivity contribution is 0.471. The summed E-state index contributed by atoms with van der Waals surface area (Å²) in [6.45, 7) is 1.98. The van der Waals surface area contributed by atoms with Gasteiger partial charge in [0.15, 0.2) is 11.6 Å². The second-order valence-electron chi connectivity index (χ2n) is 7.17. The van der Waals surface area contributed by atoms with E-state index in [2.05, 4.69) is 32.6 Å². The third-order valence-corrected chi connectivity index (χ3v) is 4.97. The maximum absolute atomic E-state index is 4.95. The Bertz CT molecular complexity index is 1070. The van der Waals surface area contributed by atoms with Crippen molar-refractivity contribution in [3.63, 3.8) is 0 Å². The predicted molar refractivity (Wildman–Crippen MR) is 102 cm³/mol. The van der Waals surface area contributed by atoms with Crippen LogP contribution in [0.15, 0.2) is 55.0 Å². The van der Waals surface area contributed by atoms with Crippen LogP contribution in [0, 0.1) is 6.92 Å². The Kier molecular flexibility index (Phi) is 4.16. The number of hydrogen-bond acceptors (Lipinski definition) is 6. The lowest BCUT2D eigenvalue weighted by Crippen LogP contribution is -2.19. The Labute approximate surface area is 162 Å². The van der Waals surface area contributed by atoms with Crippen LogP contribution in [0.2, 0.25) is 0 Å². The topological polar surface area (TPSA) is 87.2 Å². The zero-order chi connectivity index (χ0) is 18.9.